The Labute approximate surface area is 116 Å². The highest BCUT2D eigenvalue weighted by atomic mass is 35.5. The standard InChI is InChI=1S/C15H14ClN3/c1-10-13(6-7-15(16)19-10)17-8-11-9-18-14-5-3-2-4-12(11)14/h2-7,9,17-18H,8H2,1H3. The van der Waals surface area contributed by atoms with Crippen LogP contribution in [0.25, 0.3) is 10.9 Å². The Balaban J connectivity index is 1.82. The maximum atomic E-state index is 5.85. The van der Waals surface area contributed by atoms with Gasteiger partial charge in [-0.1, -0.05) is 29.8 Å². The Morgan fingerprint density at radius 2 is 2.05 bits per heavy atom. The Morgan fingerprint density at radius 3 is 2.89 bits per heavy atom. The number of nitrogens with one attached hydrogen (secondary N) is 2. The van der Waals surface area contributed by atoms with Crippen molar-refractivity contribution >= 4 is 28.2 Å². The van der Waals surface area contributed by atoms with Gasteiger partial charge in [-0.3, -0.25) is 0 Å². The molecule has 0 spiro atoms. The van der Waals surface area contributed by atoms with Crippen LogP contribution in [0.1, 0.15) is 11.3 Å². The number of nitrogens with zero attached hydrogens (tertiary/aromatic N) is 1. The second-order valence-electron chi connectivity index (χ2n) is 4.48. The van der Waals surface area contributed by atoms with E-state index in [0.29, 0.717) is 5.15 Å². The molecule has 0 aliphatic heterocycles. The van der Waals surface area contributed by atoms with Gasteiger partial charge in [-0.15, -0.1) is 0 Å². The summed E-state index contributed by atoms with van der Waals surface area (Å²) >= 11 is 5.85. The molecule has 3 rings (SSSR count). The van der Waals surface area contributed by atoms with Crippen LogP contribution in [-0.4, -0.2) is 9.97 Å². The van der Waals surface area contributed by atoms with Crippen LogP contribution in [0.3, 0.4) is 0 Å². The minimum Gasteiger partial charge on any atom is -0.379 e. The predicted octanol–water partition coefficient (Wildman–Crippen LogP) is 4.14. The van der Waals surface area contributed by atoms with E-state index < -0.39 is 0 Å². The van der Waals surface area contributed by atoms with Crippen molar-refractivity contribution in [3.63, 3.8) is 0 Å². The van der Waals surface area contributed by atoms with E-state index in [0.717, 1.165) is 23.4 Å². The highest BCUT2D eigenvalue weighted by Crippen LogP contribution is 2.20. The molecule has 2 heterocycles. The largest absolute Gasteiger partial charge is 0.379 e. The lowest BCUT2D eigenvalue weighted by molar-refractivity contribution is 1.12. The molecule has 0 amide bonds. The number of aromatic nitrogens is 2. The van der Waals surface area contributed by atoms with E-state index >= 15 is 0 Å². The summed E-state index contributed by atoms with van der Waals surface area (Å²) in [6.45, 7) is 2.71. The van der Waals surface area contributed by atoms with Crippen LogP contribution in [0, 0.1) is 6.92 Å². The number of hydrogen-bond acceptors (Lipinski definition) is 2. The first-order chi connectivity index (χ1) is 9.24. The van der Waals surface area contributed by atoms with Crippen molar-refractivity contribution in [1.82, 2.24) is 9.97 Å². The first-order valence-electron chi connectivity index (χ1n) is 6.16. The zero-order valence-electron chi connectivity index (χ0n) is 10.6. The van der Waals surface area contributed by atoms with Gasteiger partial charge in [0.1, 0.15) is 5.15 Å². The number of para-hydroxylation sites is 1. The summed E-state index contributed by atoms with van der Waals surface area (Å²) in [6.07, 6.45) is 2.04. The Bertz CT molecular complexity index is 718. The van der Waals surface area contributed by atoms with Gasteiger partial charge in [-0.25, -0.2) is 4.98 Å². The number of aryl methyl sites for hydroxylation is 1. The van der Waals surface area contributed by atoms with Crippen molar-refractivity contribution in [1.29, 1.82) is 0 Å². The zero-order chi connectivity index (χ0) is 13.2. The Hall–Kier alpha value is -2.00. The quantitative estimate of drug-likeness (QED) is 0.703. The lowest BCUT2D eigenvalue weighted by atomic mass is 10.2. The molecule has 0 unspecified atom stereocenters. The molecule has 0 aliphatic rings. The van der Waals surface area contributed by atoms with E-state index in [1.165, 1.54) is 10.9 Å². The van der Waals surface area contributed by atoms with Crippen molar-refractivity contribution in [2.45, 2.75) is 13.5 Å². The predicted molar refractivity (Wildman–Crippen MR) is 79.6 cm³/mol. The molecule has 1 aromatic carbocycles. The van der Waals surface area contributed by atoms with Crippen molar-refractivity contribution < 1.29 is 0 Å². The molecule has 0 aliphatic carbocycles. The molecule has 0 saturated heterocycles. The zero-order valence-corrected chi connectivity index (χ0v) is 11.3. The van der Waals surface area contributed by atoms with Crippen molar-refractivity contribution in [3.8, 4) is 0 Å². The fourth-order valence-corrected chi connectivity index (χ4v) is 2.38. The lowest BCUT2D eigenvalue weighted by Gasteiger charge is -2.08. The van der Waals surface area contributed by atoms with Crippen LogP contribution in [0.4, 0.5) is 5.69 Å². The van der Waals surface area contributed by atoms with E-state index in [1.54, 1.807) is 6.07 Å². The summed E-state index contributed by atoms with van der Waals surface area (Å²) in [4.78, 5) is 7.50. The first kappa shape index (κ1) is 12.1. The fourth-order valence-electron chi connectivity index (χ4n) is 2.19. The number of benzene rings is 1. The number of H-pyrrole nitrogens is 1. The van der Waals surface area contributed by atoms with Crippen LogP contribution in [-0.2, 0) is 6.54 Å². The third-order valence-electron chi connectivity index (χ3n) is 3.20. The third-order valence-corrected chi connectivity index (χ3v) is 3.41. The molecule has 0 saturated carbocycles. The second-order valence-corrected chi connectivity index (χ2v) is 4.87. The third kappa shape index (κ3) is 2.42. The van der Waals surface area contributed by atoms with Crippen molar-refractivity contribution in [2.75, 3.05) is 5.32 Å². The maximum absolute atomic E-state index is 5.85. The first-order valence-corrected chi connectivity index (χ1v) is 6.54. The van der Waals surface area contributed by atoms with Gasteiger partial charge in [0.05, 0.1) is 11.4 Å². The van der Waals surface area contributed by atoms with Crippen LogP contribution in [0.2, 0.25) is 5.15 Å². The molecule has 3 nitrogen and oxygen atoms in total. The average Bonchev–Trinajstić information content (AvgIpc) is 2.81. The summed E-state index contributed by atoms with van der Waals surface area (Å²) in [5, 5.41) is 5.16. The maximum Gasteiger partial charge on any atom is 0.129 e. The summed E-state index contributed by atoms with van der Waals surface area (Å²) in [5.74, 6) is 0. The van der Waals surface area contributed by atoms with E-state index in [9.17, 15) is 0 Å². The van der Waals surface area contributed by atoms with Crippen LogP contribution < -0.4 is 5.32 Å². The number of aromatic amines is 1. The van der Waals surface area contributed by atoms with E-state index in [1.807, 2.05) is 25.3 Å². The van der Waals surface area contributed by atoms with Gasteiger partial charge in [0.25, 0.3) is 0 Å². The molecule has 3 aromatic rings. The number of anilines is 1. The molecule has 96 valence electrons. The minimum atomic E-state index is 0.523. The normalized spacial score (nSPS) is 10.8. The van der Waals surface area contributed by atoms with Gasteiger partial charge in [-0.05, 0) is 30.7 Å². The van der Waals surface area contributed by atoms with Crippen LogP contribution in [0.15, 0.2) is 42.6 Å². The van der Waals surface area contributed by atoms with E-state index in [-0.39, 0.29) is 0 Å². The van der Waals surface area contributed by atoms with Crippen LogP contribution in [0.5, 0.6) is 0 Å². The monoisotopic (exact) mass is 271 g/mol. The molecule has 2 aromatic heterocycles. The summed E-state index contributed by atoms with van der Waals surface area (Å²) < 4.78 is 0. The van der Waals surface area contributed by atoms with Gasteiger partial charge >= 0.3 is 0 Å². The number of rotatable bonds is 3. The Kier molecular flexibility index (Phi) is 3.13. The summed E-state index contributed by atoms with van der Waals surface area (Å²) in [5.41, 5.74) is 4.32. The molecule has 0 fully saturated rings. The fraction of sp³-hybridized carbons (Fsp3) is 0.133. The van der Waals surface area contributed by atoms with Crippen molar-refractivity contribution in [3.05, 3.63) is 59.0 Å². The second kappa shape index (κ2) is 4.94. The van der Waals surface area contributed by atoms with Gasteiger partial charge < -0.3 is 10.3 Å². The molecule has 0 radical (unpaired) electrons. The lowest BCUT2D eigenvalue weighted by Crippen LogP contribution is -2.01. The highest BCUT2D eigenvalue weighted by molar-refractivity contribution is 6.29. The molecule has 0 atom stereocenters. The van der Waals surface area contributed by atoms with Gasteiger partial charge in [0, 0.05) is 23.6 Å². The smallest absolute Gasteiger partial charge is 0.129 e. The van der Waals surface area contributed by atoms with Crippen LogP contribution >= 0.6 is 11.6 Å². The average molecular weight is 272 g/mol. The number of fused-ring (bicyclic) bond motifs is 1. The SMILES string of the molecule is Cc1nc(Cl)ccc1NCc1c[nH]c2ccccc12. The minimum absolute atomic E-state index is 0.523. The topological polar surface area (TPSA) is 40.7 Å². The molecule has 0 bridgehead atoms. The number of halogens is 1. The van der Waals surface area contributed by atoms with Crippen molar-refractivity contribution in [2.24, 2.45) is 0 Å². The highest BCUT2D eigenvalue weighted by Gasteiger charge is 2.04. The van der Waals surface area contributed by atoms with E-state index in [4.69, 9.17) is 11.6 Å². The molecule has 4 heteroatoms. The van der Waals surface area contributed by atoms with Gasteiger partial charge in [0.15, 0.2) is 0 Å². The summed E-state index contributed by atoms with van der Waals surface area (Å²) in [6, 6.07) is 12.0. The molecular weight excluding hydrogens is 258 g/mol. The molecule has 19 heavy (non-hydrogen) atoms. The number of hydrogen-bond donors (Lipinski definition) is 2. The Morgan fingerprint density at radius 1 is 1.21 bits per heavy atom. The molecular formula is C15H14ClN3. The number of pyridine rings is 1. The summed E-state index contributed by atoms with van der Waals surface area (Å²) in [7, 11) is 0. The molecule has 2 N–H and O–H groups in total. The van der Waals surface area contributed by atoms with Gasteiger partial charge in [0.2, 0.25) is 0 Å². The van der Waals surface area contributed by atoms with Gasteiger partial charge in [-0.2, -0.15) is 0 Å². The van der Waals surface area contributed by atoms with E-state index in [2.05, 4.69) is 33.5 Å².